The van der Waals surface area contributed by atoms with Gasteiger partial charge in [-0.1, -0.05) is 34.1 Å². The van der Waals surface area contributed by atoms with E-state index in [0.29, 0.717) is 23.3 Å². The molecular weight excluding hydrogens is 358 g/mol. The van der Waals surface area contributed by atoms with Gasteiger partial charge < -0.3 is 10.3 Å². The molecule has 2 aromatic carbocycles. The van der Waals surface area contributed by atoms with Crippen LogP contribution < -0.4 is 10.9 Å². The van der Waals surface area contributed by atoms with Gasteiger partial charge in [0.1, 0.15) is 5.69 Å². The Hall–Kier alpha value is -2.47. The molecule has 0 saturated heterocycles. The van der Waals surface area contributed by atoms with Gasteiger partial charge in [0.05, 0.1) is 11.0 Å². The Bertz CT molecular complexity index is 921. The molecule has 0 bridgehead atoms. The van der Waals surface area contributed by atoms with Crippen LogP contribution in [0, 0.1) is 0 Å². The van der Waals surface area contributed by atoms with Crippen LogP contribution in [0.15, 0.2) is 57.8 Å². The van der Waals surface area contributed by atoms with E-state index in [4.69, 9.17) is 0 Å². The number of aromatic nitrogens is 2. The van der Waals surface area contributed by atoms with Crippen LogP contribution in [-0.2, 0) is 11.2 Å². The van der Waals surface area contributed by atoms with Gasteiger partial charge in [0.2, 0.25) is 5.91 Å². The topological polar surface area (TPSA) is 74.8 Å². The third kappa shape index (κ3) is 3.84. The van der Waals surface area contributed by atoms with Crippen molar-refractivity contribution in [2.45, 2.75) is 12.8 Å². The number of carbonyl (C=O) groups is 1. The van der Waals surface area contributed by atoms with Crippen LogP contribution in [0.1, 0.15) is 12.1 Å². The molecule has 0 saturated carbocycles. The van der Waals surface area contributed by atoms with E-state index in [1.807, 2.05) is 42.5 Å². The molecule has 1 heterocycles. The van der Waals surface area contributed by atoms with E-state index >= 15 is 0 Å². The summed E-state index contributed by atoms with van der Waals surface area (Å²) < 4.78 is 0.892. The van der Waals surface area contributed by atoms with Gasteiger partial charge in [0, 0.05) is 23.0 Å². The number of nitrogens with one attached hydrogen (secondary N) is 2. The van der Waals surface area contributed by atoms with Crippen molar-refractivity contribution in [3.8, 4) is 0 Å². The van der Waals surface area contributed by atoms with Gasteiger partial charge in [-0.3, -0.25) is 9.59 Å². The average Bonchev–Trinajstić information content (AvgIpc) is 2.53. The monoisotopic (exact) mass is 371 g/mol. The lowest BCUT2D eigenvalue weighted by atomic mass is 10.2. The van der Waals surface area contributed by atoms with Gasteiger partial charge in [0.15, 0.2) is 0 Å². The molecule has 116 valence electrons. The summed E-state index contributed by atoms with van der Waals surface area (Å²) in [7, 11) is 0. The van der Waals surface area contributed by atoms with Gasteiger partial charge in [-0.05, 0) is 30.3 Å². The van der Waals surface area contributed by atoms with E-state index in [2.05, 4.69) is 31.2 Å². The lowest BCUT2D eigenvalue weighted by molar-refractivity contribution is -0.116. The molecule has 2 N–H and O–H groups in total. The number of carbonyl (C=O) groups excluding carboxylic acids is 1. The lowest BCUT2D eigenvalue weighted by Gasteiger charge is -2.06. The molecule has 23 heavy (non-hydrogen) atoms. The minimum Gasteiger partial charge on any atom is -0.326 e. The maximum absolute atomic E-state index is 12.0. The summed E-state index contributed by atoms with van der Waals surface area (Å²) in [6.07, 6.45) is 0.487. The van der Waals surface area contributed by atoms with Crippen LogP contribution in [-0.4, -0.2) is 15.9 Å². The van der Waals surface area contributed by atoms with Crippen molar-refractivity contribution >= 4 is 38.6 Å². The Morgan fingerprint density at radius 1 is 1.17 bits per heavy atom. The minimum absolute atomic E-state index is 0.155. The Kier molecular flexibility index (Phi) is 4.52. The number of aromatic amines is 1. The van der Waals surface area contributed by atoms with Crippen LogP contribution >= 0.6 is 15.9 Å². The molecule has 0 unspecified atom stereocenters. The number of benzene rings is 2. The van der Waals surface area contributed by atoms with Gasteiger partial charge >= 0.3 is 0 Å². The largest absolute Gasteiger partial charge is 0.326 e. The first-order chi connectivity index (χ1) is 11.1. The van der Waals surface area contributed by atoms with Crippen molar-refractivity contribution in [3.05, 3.63) is 69.1 Å². The highest BCUT2D eigenvalue weighted by Crippen LogP contribution is 2.16. The van der Waals surface area contributed by atoms with E-state index in [1.54, 1.807) is 6.07 Å². The van der Waals surface area contributed by atoms with Crippen LogP contribution in [0.25, 0.3) is 11.0 Å². The van der Waals surface area contributed by atoms with Crippen LogP contribution in [0.3, 0.4) is 0 Å². The molecule has 3 aromatic rings. The van der Waals surface area contributed by atoms with Crippen molar-refractivity contribution in [2.24, 2.45) is 0 Å². The van der Waals surface area contributed by atoms with E-state index in [0.717, 1.165) is 9.99 Å². The number of aryl methyl sites for hydroxylation is 1. The van der Waals surface area contributed by atoms with Crippen molar-refractivity contribution < 1.29 is 4.79 Å². The Balaban J connectivity index is 1.69. The molecule has 0 atom stereocenters. The normalized spacial score (nSPS) is 10.7. The van der Waals surface area contributed by atoms with E-state index in [1.165, 1.54) is 0 Å². The maximum atomic E-state index is 12.0. The molecule has 0 radical (unpaired) electrons. The lowest BCUT2D eigenvalue weighted by Crippen LogP contribution is -2.19. The van der Waals surface area contributed by atoms with Gasteiger partial charge in [0.25, 0.3) is 5.56 Å². The van der Waals surface area contributed by atoms with E-state index < -0.39 is 0 Å². The molecule has 0 spiro atoms. The predicted octanol–water partition coefficient (Wildman–Crippen LogP) is 3.26. The smallest absolute Gasteiger partial charge is 0.270 e. The number of hydrogen-bond donors (Lipinski definition) is 2. The highest BCUT2D eigenvalue weighted by atomic mass is 79.9. The summed E-state index contributed by atoms with van der Waals surface area (Å²) in [5, 5.41) is 2.80. The fourth-order valence-corrected chi connectivity index (χ4v) is 2.66. The predicted molar refractivity (Wildman–Crippen MR) is 93.5 cm³/mol. The zero-order valence-electron chi connectivity index (χ0n) is 12.2. The number of fused-ring (bicyclic) bond motifs is 1. The summed E-state index contributed by atoms with van der Waals surface area (Å²) in [6, 6.07) is 14.7. The summed E-state index contributed by atoms with van der Waals surface area (Å²) in [5.74, 6) is -0.155. The number of nitrogens with zero attached hydrogens (tertiary/aromatic N) is 1. The van der Waals surface area contributed by atoms with E-state index in [-0.39, 0.29) is 17.9 Å². The molecule has 1 aromatic heterocycles. The number of halogens is 1. The quantitative estimate of drug-likeness (QED) is 0.738. The highest BCUT2D eigenvalue weighted by molar-refractivity contribution is 9.10. The summed E-state index contributed by atoms with van der Waals surface area (Å²) >= 11 is 3.35. The Labute approximate surface area is 140 Å². The molecule has 3 rings (SSSR count). The van der Waals surface area contributed by atoms with Gasteiger partial charge in [-0.25, -0.2) is 4.98 Å². The van der Waals surface area contributed by atoms with Crippen LogP contribution in [0.5, 0.6) is 0 Å². The summed E-state index contributed by atoms with van der Waals surface area (Å²) in [5.41, 5.74) is 2.24. The van der Waals surface area contributed by atoms with Gasteiger partial charge in [-0.2, -0.15) is 0 Å². The van der Waals surface area contributed by atoms with Crippen molar-refractivity contribution in [1.82, 2.24) is 9.97 Å². The zero-order chi connectivity index (χ0) is 16.2. The second kappa shape index (κ2) is 6.75. The summed E-state index contributed by atoms with van der Waals surface area (Å²) in [4.78, 5) is 31.1. The molecular formula is C17H14BrN3O2. The number of H-pyrrole nitrogens is 1. The molecule has 5 nitrogen and oxygen atoms in total. The Morgan fingerprint density at radius 2 is 2.00 bits per heavy atom. The fourth-order valence-electron chi connectivity index (χ4n) is 2.26. The molecule has 0 fully saturated rings. The second-order valence-electron chi connectivity index (χ2n) is 5.09. The SMILES string of the molecule is O=C(CCc1nc2ccccc2[nH]c1=O)Nc1cccc(Br)c1. The zero-order valence-corrected chi connectivity index (χ0v) is 13.8. The van der Waals surface area contributed by atoms with Gasteiger partial charge in [-0.15, -0.1) is 0 Å². The van der Waals surface area contributed by atoms with Crippen molar-refractivity contribution in [2.75, 3.05) is 5.32 Å². The first-order valence-electron chi connectivity index (χ1n) is 7.15. The van der Waals surface area contributed by atoms with E-state index in [9.17, 15) is 9.59 Å². The third-order valence-electron chi connectivity index (χ3n) is 3.37. The van der Waals surface area contributed by atoms with Crippen LogP contribution in [0.2, 0.25) is 0 Å². The standard InChI is InChI=1S/C17H14BrN3O2/c18-11-4-3-5-12(10-11)19-16(22)9-8-15-17(23)21-14-7-2-1-6-13(14)20-15/h1-7,10H,8-9H2,(H,19,22)(H,21,23). The average molecular weight is 372 g/mol. The molecule has 0 aliphatic heterocycles. The number of para-hydroxylation sites is 2. The third-order valence-corrected chi connectivity index (χ3v) is 3.86. The second-order valence-corrected chi connectivity index (χ2v) is 6.00. The molecule has 0 aliphatic rings. The molecule has 6 heteroatoms. The van der Waals surface area contributed by atoms with Crippen LogP contribution in [0.4, 0.5) is 5.69 Å². The molecule has 1 amide bonds. The van der Waals surface area contributed by atoms with Crippen molar-refractivity contribution in [3.63, 3.8) is 0 Å². The number of hydrogen-bond acceptors (Lipinski definition) is 3. The number of anilines is 1. The summed E-state index contributed by atoms with van der Waals surface area (Å²) in [6.45, 7) is 0. The first-order valence-corrected chi connectivity index (χ1v) is 7.94. The highest BCUT2D eigenvalue weighted by Gasteiger charge is 2.08. The number of rotatable bonds is 4. The molecule has 0 aliphatic carbocycles. The Morgan fingerprint density at radius 3 is 2.83 bits per heavy atom. The fraction of sp³-hybridized carbons (Fsp3) is 0.118. The van der Waals surface area contributed by atoms with Crippen molar-refractivity contribution in [1.29, 1.82) is 0 Å². The maximum Gasteiger partial charge on any atom is 0.270 e. The minimum atomic E-state index is -0.251. The number of amides is 1. The first kappa shape index (κ1) is 15.4.